The van der Waals surface area contributed by atoms with Gasteiger partial charge < -0.3 is 10.3 Å². The lowest BCUT2D eigenvalue weighted by molar-refractivity contribution is 0.196. The fourth-order valence-electron chi connectivity index (χ4n) is 2.24. The van der Waals surface area contributed by atoms with E-state index in [2.05, 4.69) is 17.2 Å². The van der Waals surface area contributed by atoms with Crippen LogP contribution in [0.3, 0.4) is 0 Å². The molecule has 0 spiro atoms. The molecular formula is C12H20N4O2S. The number of hydrogen-bond acceptors (Lipinski definition) is 5. The highest BCUT2D eigenvalue weighted by atomic mass is 32.2. The number of rotatable bonds is 4. The quantitative estimate of drug-likeness (QED) is 0.614. The Kier molecular flexibility index (Phi) is 4.41. The van der Waals surface area contributed by atoms with Crippen molar-refractivity contribution in [2.45, 2.75) is 11.8 Å². The Bertz CT molecular complexity index is 524. The van der Waals surface area contributed by atoms with Gasteiger partial charge in [0.2, 0.25) is 10.0 Å². The zero-order valence-corrected chi connectivity index (χ0v) is 11.9. The molecule has 106 valence electrons. The van der Waals surface area contributed by atoms with E-state index in [-0.39, 0.29) is 4.90 Å². The number of nitrogens with one attached hydrogen (secondary N) is 1. The summed E-state index contributed by atoms with van der Waals surface area (Å²) in [5, 5.41) is 0. The molecule has 7 heteroatoms. The Labute approximate surface area is 114 Å². The van der Waals surface area contributed by atoms with Gasteiger partial charge in [0.05, 0.1) is 5.69 Å². The Morgan fingerprint density at radius 2 is 1.84 bits per heavy atom. The summed E-state index contributed by atoms with van der Waals surface area (Å²) in [7, 11) is -3.47. The zero-order chi connectivity index (χ0) is 13.9. The number of sulfonamides is 1. The molecule has 1 aliphatic heterocycles. The largest absolute Gasteiger partial charge is 0.323 e. The number of nitrogens with two attached hydrogens (primary N) is 1. The Hall–Kier alpha value is -1.15. The van der Waals surface area contributed by atoms with Gasteiger partial charge in [0.15, 0.2) is 0 Å². The first-order chi connectivity index (χ1) is 9.09. The number of para-hydroxylation sites is 1. The molecule has 1 heterocycles. The molecule has 19 heavy (non-hydrogen) atoms. The molecule has 1 aromatic carbocycles. The van der Waals surface area contributed by atoms with E-state index in [0.717, 1.165) is 19.6 Å². The summed E-state index contributed by atoms with van der Waals surface area (Å²) in [4.78, 5) is 2.47. The number of likely N-dealkylation sites (N-methyl/N-ethyl adjacent to an activating group) is 1. The van der Waals surface area contributed by atoms with Crippen LogP contribution in [-0.4, -0.2) is 50.3 Å². The van der Waals surface area contributed by atoms with Gasteiger partial charge >= 0.3 is 0 Å². The third-order valence-corrected chi connectivity index (χ3v) is 5.40. The molecule has 3 N–H and O–H groups in total. The lowest BCUT2D eigenvalue weighted by Gasteiger charge is -2.33. The summed E-state index contributed by atoms with van der Waals surface area (Å²) in [6, 6.07) is 6.70. The van der Waals surface area contributed by atoms with E-state index in [1.54, 1.807) is 24.3 Å². The maximum Gasteiger partial charge on any atom is 0.245 e. The average molecular weight is 284 g/mol. The first kappa shape index (κ1) is 14.3. The predicted molar refractivity (Wildman–Crippen MR) is 75.1 cm³/mol. The minimum Gasteiger partial charge on any atom is -0.323 e. The van der Waals surface area contributed by atoms with Crippen LogP contribution < -0.4 is 11.3 Å². The molecule has 1 aliphatic rings. The molecule has 0 aromatic heterocycles. The van der Waals surface area contributed by atoms with Crippen LogP contribution >= 0.6 is 0 Å². The summed E-state index contributed by atoms with van der Waals surface area (Å²) >= 11 is 0. The summed E-state index contributed by atoms with van der Waals surface area (Å²) in [5.74, 6) is 5.38. The van der Waals surface area contributed by atoms with Crippen LogP contribution in [0.5, 0.6) is 0 Å². The summed E-state index contributed by atoms with van der Waals surface area (Å²) in [5.41, 5.74) is 2.88. The Morgan fingerprint density at radius 3 is 2.42 bits per heavy atom. The fraction of sp³-hybridized carbons (Fsp3) is 0.500. The number of piperazine rings is 1. The van der Waals surface area contributed by atoms with Crippen LogP contribution in [0.4, 0.5) is 5.69 Å². The lowest BCUT2D eigenvalue weighted by atomic mass is 10.3. The number of hydrogen-bond donors (Lipinski definition) is 2. The van der Waals surface area contributed by atoms with Crippen molar-refractivity contribution >= 4 is 15.7 Å². The van der Waals surface area contributed by atoms with E-state index >= 15 is 0 Å². The van der Waals surface area contributed by atoms with Crippen LogP contribution in [0.2, 0.25) is 0 Å². The number of anilines is 1. The number of hydrazine groups is 1. The van der Waals surface area contributed by atoms with Gasteiger partial charge in [-0.25, -0.2) is 8.42 Å². The first-order valence-electron chi connectivity index (χ1n) is 6.37. The van der Waals surface area contributed by atoms with Crippen molar-refractivity contribution in [1.82, 2.24) is 9.21 Å². The maximum atomic E-state index is 12.6. The second kappa shape index (κ2) is 5.87. The molecule has 0 unspecified atom stereocenters. The van der Waals surface area contributed by atoms with Gasteiger partial charge in [0.25, 0.3) is 0 Å². The predicted octanol–water partition coefficient (Wildman–Crippen LogP) is 0.298. The van der Waals surface area contributed by atoms with Gasteiger partial charge in [-0.2, -0.15) is 4.31 Å². The fourth-order valence-corrected chi connectivity index (χ4v) is 3.81. The van der Waals surface area contributed by atoms with E-state index in [1.807, 2.05) is 0 Å². The van der Waals surface area contributed by atoms with Gasteiger partial charge in [-0.1, -0.05) is 19.1 Å². The monoisotopic (exact) mass is 284 g/mol. The highest BCUT2D eigenvalue weighted by Crippen LogP contribution is 2.24. The first-order valence-corrected chi connectivity index (χ1v) is 7.81. The van der Waals surface area contributed by atoms with Crippen LogP contribution in [0.1, 0.15) is 6.92 Å². The van der Waals surface area contributed by atoms with Crippen molar-refractivity contribution in [2.75, 3.05) is 38.1 Å². The molecule has 0 atom stereocenters. The normalized spacial score (nSPS) is 18.4. The average Bonchev–Trinajstić information content (AvgIpc) is 2.47. The van der Waals surface area contributed by atoms with Crippen molar-refractivity contribution in [3.05, 3.63) is 24.3 Å². The zero-order valence-electron chi connectivity index (χ0n) is 11.0. The Morgan fingerprint density at radius 1 is 1.21 bits per heavy atom. The molecule has 1 aromatic rings. The maximum absolute atomic E-state index is 12.6. The van der Waals surface area contributed by atoms with Gasteiger partial charge in [-0.3, -0.25) is 5.84 Å². The van der Waals surface area contributed by atoms with Crippen molar-refractivity contribution in [1.29, 1.82) is 0 Å². The van der Waals surface area contributed by atoms with E-state index in [1.165, 1.54) is 4.31 Å². The van der Waals surface area contributed by atoms with Crippen molar-refractivity contribution in [3.8, 4) is 0 Å². The molecule has 0 amide bonds. The van der Waals surface area contributed by atoms with Crippen molar-refractivity contribution < 1.29 is 8.42 Å². The van der Waals surface area contributed by atoms with Gasteiger partial charge in [0.1, 0.15) is 4.90 Å². The smallest absolute Gasteiger partial charge is 0.245 e. The van der Waals surface area contributed by atoms with E-state index < -0.39 is 10.0 Å². The molecular weight excluding hydrogens is 264 g/mol. The topological polar surface area (TPSA) is 78.7 Å². The molecule has 0 aliphatic carbocycles. The third kappa shape index (κ3) is 2.89. The second-order valence-electron chi connectivity index (χ2n) is 4.48. The molecule has 2 rings (SSSR count). The highest BCUT2D eigenvalue weighted by Gasteiger charge is 2.29. The second-order valence-corrected chi connectivity index (χ2v) is 6.39. The SMILES string of the molecule is CCN1CCN(S(=O)(=O)c2ccccc2NN)CC1. The van der Waals surface area contributed by atoms with Crippen LogP contribution in [0.25, 0.3) is 0 Å². The van der Waals surface area contributed by atoms with Gasteiger partial charge in [-0.15, -0.1) is 0 Å². The number of nitrogen functional groups attached to an aromatic ring is 1. The molecule has 6 nitrogen and oxygen atoms in total. The molecule has 0 bridgehead atoms. The van der Waals surface area contributed by atoms with Crippen LogP contribution in [0.15, 0.2) is 29.2 Å². The summed E-state index contributed by atoms with van der Waals surface area (Å²) in [6.45, 7) is 5.62. The van der Waals surface area contributed by atoms with Gasteiger partial charge in [-0.05, 0) is 18.7 Å². The van der Waals surface area contributed by atoms with E-state index in [0.29, 0.717) is 18.8 Å². The molecule has 0 saturated carbocycles. The minimum absolute atomic E-state index is 0.238. The number of nitrogens with zero attached hydrogens (tertiary/aromatic N) is 2. The van der Waals surface area contributed by atoms with Crippen LogP contribution in [-0.2, 0) is 10.0 Å². The highest BCUT2D eigenvalue weighted by molar-refractivity contribution is 7.89. The van der Waals surface area contributed by atoms with E-state index in [4.69, 9.17) is 5.84 Å². The molecule has 0 radical (unpaired) electrons. The van der Waals surface area contributed by atoms with E-state index in [9.17, 15) is 8.42 Å². The Balaban J connectivity index is 2.23. The summed E-state index contributed by atoms with van der Waals surface area (Å²) < 4.78 is 26.7. The van der Waals surface area contributed by atoms with Gasteiger partial charge in [0, 0.05) is 26.2 Å². The molecule has 1 fully saturated rings. The minimum atomic E-state index is -3.47. The van der Waals surface area contributed by atoms with Crippen LogP contribution in [0, 0.1) is 0 Å². The van der Waals surface area contributed by atoms with Crippen molar-refractivity contribution in [3.63, 3.8) is 0 Å². The summed E-state index contributed by atoms with van der Waals surface area (Å²) in [6.07, 6.45) is 0. The standard InChI is InChI=1S/C12H20N4O2S/c1-2-15-7-9-16(10-8-15)19(17,18)12-6-4-3-5-11(12)14-13/h3-6,14H,2,7-10,13H2,1H3. The number of benzene rings is 1. The lowest BCUT2D eigenvalue weighted by Crippen LogP contribution is -2.48. The van der Waals surface area contributed by atoms with Crippen molar-refractivity contribution in [2.24, 2.45) is 5.84 Å². The molecule has 1 saturated heterocycles. The third-order valence-electron chi connectivity index (χ3n) is 3.44.